The van der Waals surface area contributed by atoms with E-state index in [1.165, 1.54) is 0 Å². The second-order valence-corrected chi connectivity index (χ2v) is 3.64. The number of carbonyl (C=O) groups excluding carboxylic acids is 1. The number of halogens is 1. The minimum Gasteiger partial charge on any atom is -0.373 e. The van der Waals surface area contributed by atoms with E-state index in [0.717, 1.165) is 12.2 Å². The first kappa shape index (κ1) is 15.7. The molecule has 0 aliphatic carbocycles. The second kappa shape index (κ2) is 8.84. The summed E-state index contributed by atoms with van der Waals surface area (Å²) in [7, 11) is 3.77. The van der Waals surface area contributed by atoms with Gasteiger partial charge in [0.2, 0.25) is 5.91 Å². The molecule has 0 aliphatic heterocycles. The van der Waals surface area contributed by atoms with E-state index in [2.05, 4.69) is 27.7 Å². The number of para-hydroxylation sites is 1. The first-order valence-electron chi connectivity index (χ1n) is 5.41. The Morgan fingerprint density at radius 3 is 2.53 bits per heavy atom. The van der Waals surface area contributed by atoms with Crippen molar-refractivity contribution in [1.29, 1.82) is 0 Å². The van der Waals surface area contributed by atoms with Gasteiger partial charge in [-0.15, -0.1) is 12.4 Å². The molecule has 4 nitrogen and oxygen atoms in total. The fraction of sp³-hybridized carbons (Fsp3) is 0.417. The molecule has 1 aromatic carbocycles. The molecule has 1 amide bonds. The van der Waals surface area contributed by atoms with Gasteiger partial charge in [-0.2, -0.15) is 0 Å². The van der Waals surface area contributed by atoms with E-state index in [1.807, 2.05) is 25.2 Å². The highest BCUT2D eigenvalue weighted by molar-refractivity contribution is 5.85. The van der Waals surface area contributed by atoms with Gasteiger partial charge in [-0.1, -0.05) is 18.2 Å². The molecule has 0 saturated carbocycles. The molecule has 1 rings (SSSR count). The minimum absolute atomic E-state index is 0. The van der Waals surface area contributed by atoms with Gasteiger partial charge in [0.1, 0.15) is 0 Å². The van der Waals surface area contributed by atoms with Crippen LogP contribution in [0.3, 0.4) is 0 Å². The summed E-state index contributed by atoms with van der Waals surface area (Å²) in [6, 6.07) is 10.1. The van der Waals surface area contributed by atoms with Crippen molar-refractivity contribution in [2.24, 2.45) is 0 Å². The van der Waals surface area contributed by atoms with Gasteiger partial charge >= 0.3 is 0 Å². The fourth-order valence-electron chi connectivity index (χ4n) is 1.40. The van der Waals surface area contributed by atoms with E-state index in [4.69, 9.17) is 0 Å². The first-order valence-corrected chi connectivity index (χ1v) is 5.41. The third-order valence-electron chi connectivity index (χ3n) is 2.30. The lowest BCUT2D eigenvalue weighted by Crippen LogP contribution is -2.37. The van der Waals surface area contributed by atoms with Gasteiger partial charge < -0.3 is 15.5 Å². The maximum absolute atomic E-state index is 11.2. The predicted octanol–water partition coefficient (Wildman–Crippen LogP) is 0.880. The van der Waals surface area contributed by atoms with E-state index in [1.54, 1.807) is 7.05 Å². The third-order valence-corrected chi connectivity index (χ3v) is 2.30. The number of amides is 1. The minimum atomic E-state index is 0. The third kappa shape index (κ3) is 6.14. The van der Waals surface area contributed by atoms with E-state index >= 15 is 0 Å². The number of likely N-dealkylation sites (N-methyl/N-ethyl adjacent to an activating group) is 2. The molecule has 0 heterocycles. The van der Waals surface area contributed by atoms with Crippen molar-refractivity contribution in [1.82, 2.24) is 10.6 Å². The summed E-state index contributed by atoms with van der Waals surface area (Å²) in [6.45, 7) is 1.83. The average Bonchev–Trinajstić information content (AvgIpc) is 2.30. The summed E-state index contributed by atoms with van der Waals surface area (Å²) < 4.78 is 0. The van der Waals surface area contributed by atoms with Crippen molar-refractivity contribution in [3.05, 3.63) is 30.3 Å². The predicted molar refractivity (Wildman–Crippen MR) is 73.9 cm³/mol. The zero-order valence-corrected chi connectivity index (χ0v) is 11.1. The van der Waals surface area contributed by atoms with E-state index < -0.39 is 0 Å². The van der Waals surface area contributed by atoms with Crippen LogP contribution < -0.4 is 15.5 Å². The van der Waals surface area contributed by atoms with Gasteiger partial charge in [-0.05, 0) is 19.2 Å². The van der Waals surface area contributed by atoms with Crippen LogP contribution in [-0.4, -0.2) is 39.6 Å². The van der Waals surface area contributed by atoms with Gasteiger partial charge in [0.15, 0.2) is 0 Å². The monoisotopic (exact) mass is 257 g/mol. The summed E-state index contributed by atoms with van der Waals surface area (Å²) in [6.07, 6.45) is 0. The Balaban J connectivity index is 0.00000256. The molecule has 5 heteroatoms. The highest BCUT2D eigenvalue weighted by Gasteiger charge is 2.01. The number of nitrogens with zero attached hydrogens (tertiary/aromatic N) is 1. The first-order chi connectivity index (χ1) is 7.74. The maximum atomic E-state index is 11.2. The van der Waals surface area contributed by atoms with E-state index in [-0.39, 0.29) is 18.3 Å². The molecule has 0 fully saturated rings. The van der Waals surface area contributed by atoms with Gasteiger partial charge in [-0.25, -0.2) is 0 Å². The molecule has 17 heavy (non-hydrogen) atoms. The van der Waals surface area contributed by atoms with Crippen LogP contribution in [0, 0.1) is 0 Å². The molecular formula is C12H20ClN3O. The smallest absolute Gasteiger partial charge is 0.234 e. The van der Waals surface area contributed by atoms with Gasteiger partial charge in [0, 0.05) is 25.8 Å². The van der Waals surface area contributed by atoms with E-state index in [9.17, 15) is 4.79 Å². The number of anilines is 1. The molecule has 0 radical (unpaired) electrons. The van der Waals surface area contributed by atoms with Crippen molar-refractivity contribution >= 4 is 24.0 Å². The normalized spacial score (nSPS) is 9.29. The van der Waals surface area contributed by atoms with Crippen molar-refractivity contribution in [2.45, 2.75) is 0 Å². The van der Waals surface area contributed by atoms with Crippen LogP contribution in [0.2, 0.25) is 0 Å². The van der Waals surface area contributed by atoms with Crippen molar-refractivity contribution in [3.8, 4) is 0 Å². The Morgan fingerprint density at radius 1 is 1.29 bits per heavy atom. The Bertz CT molecular complexity index is 319. The summed E-state index contributed by atoms with van der Waals surface area (Å²) in [4.78, 5) is 13.3. The van der Waals surface area contributed by atoms with Crippen molar-refractivity contribution < 1.29 is 4.79 Å². The van der Waals surface area contributed by atoms with Crippen molar-refractivity contribution in [3.63, 3.8) is 0 Å². The molecule has 96 valence electrons. The molecule has 1 aromatic rings. The number of hydrogen-bond acceptors (Lipinski definition) is 3. The lowest BCUT2D eigenvalue weighted by atomic mass is 10.3. The standard InChI is InChI=1S/C12H19N3O.ClH/c1-13-10-12(16)14-8-9-15(2)11-6-4-3-5-7-11;/h3-7,13H,8-10H2,1-2H3,(H,14,16);1H. The highest BCUT2D eigenvalue weighted by Crippen LogP contribution is 2.09. The zero-order chi connectivity index (χ0) is 11.8. The molecule has 0 spiro atoms. The molecule has 0 unspecified atom stereocenters. The van der Waals surface area contributed by atoms with Gasteiger partial charge in [-0.3, -0.25) is 4.79 Å². The zero-order valence-electron chi connectivity index (χ0n) is 10.3. The number of carbonyl (C=O) groups is 1. The van der Waals surface area contributed by atoms with E-state index in [0.29, 0.717) is 13.1 Å². The summed E-state index contributed by atoms with van der Waals surface area (Å²) >= 11 is 0. The van der Waals surface area contributed by atoms with Crippen molar-refractivity contribution in [2.75, 3.05) is 38.6 Å². The van der Waals surface area contributed by atoms with Crippen LogP contribution in [0.1, 0.15) is 0 Å². The topological polar surface area (TPSA) is 44.4 Å². The molecule has 0 bridgehead atoms. The van der Waals surface area contributed by atoms with Crippen LogP contribution >= 0.6 is 12.4 Å². The Hall–Kier alpha value is -1.26. The maximum Gasteiger partial charge on any atom is 0.234 e. The lowest BCUT2D eigenvalue weighted by Gasteiger charge is -2.19. The summed E-state index contributed by atoms with van der Waals surface area (Å²) in [5, 5.41) is 5.65. The van der Waals surface area contributed by atoms with Crippen LogP contribution in [-0.2, 0) is 4.79 Å². The highest BCUT2D eigenvalue weighted by atomic mass is 35.5. The molecule has 0 aromatic heterocycles. The molecular weight excluding hydrogens is 238 g/mol. The summed E-state index contributed by atoms with van der Waals surface area (Å²) in [5.41, 5.74) is 1.16. The SMILES string of the molecule is CNCC(=O)NCCN(C)c1ccccc1.Cl. The molecule has 0 aliphatic rings. The quantitative estimate of drug-likeness (QED) is 0.795. The number of hydrogen-bond donors (Lipinski definition) is 2. The number of rotatable bonds is 6. The van der Waals surface area contributed by atoms with Crippen LogP contribution in [0.5, 0.6) is 0 Å². The average molecular weight is 258 g/mol. The lowest BCUT2D eigenvalue weighted by molar-refractivity contribution is -0.120. The molecule has 2 N–H and O–H groups in total. The number of benzene rings is 1. The number of nitrogens with one attached hydrogen (secondary N) is 2. The van der Waals surface area contributed by atoms with Gasteiger partial charge in [0.05, 0.1) is 6.54 Å². The Labute approximate surface area is 109 Å². The summed E-state index contributed by atoms with van der Waals surface area (Å²) in [5.74, 6) is 0.0314. The molecule has 0 saturated heterocycles. The van der Waals surface area contributed by atoms with Gasteiger partial charge in [0.25, 0.3) is 0 Å². The Kier molecular flexibility index (Phi) is 8.19. The largest absolute Gasteiger partial charge is 0.373 e. The molecule has 0 atom stereocenters. The fourth-order valence-corrected chi connectivity index (χ4v) is 1.40. The van der Waals surface area contributed by atoms with Crippen LogP contribution in [0.15, 0.2) is 30.3 Å². The van der Waals surface area contributed by atoms with Crippen LogP contribution in [0.4, 0.5) is 5.69 Å². The second-order valence-electron chi connectivity index (χ2n) is 3.64. The Morgan fingerprint density at radius 2 is 1.94 bits per heavy atom. The van der Waals surface area contributed by atoms with Crippen LogP contribution in [0.25, 0.3) is 0 Å².